The van der Waals surface area contributed by atoms with Crippen molar-refractivity contribution in [2.75, 3.05) is 14.1 Å². The molecule has 2 rings (SSSR count). The fraction of sp³-hybridized carbons (Fsp3) is 0.600. The second kappa shape index (κ2) is 4.98. The average molecular weight is 251 g/mol. The van der Waals surface area contributed by atoms with Gasteiger partial charge < -0.3 is 10.0 Å². The third-order valence-electron chi connectivity index (χ3n) is 4.38. The van der Waals surface area contributed by atoms with Gasteiger partial charge in [0, 0.05) is 0 Å². The first-order valence-electron chi connectivity index (χ1n) is 6.59. The minimum absolute atomic E-state index is 0.234. The van der Waals surface area contributed by atoms with Gasteiger partial charge in [-0.1, -0.05) is 25.0 Å². The van der Waals surface area contributed by atoms with Crippen LogP contribution in [0.4, 0.5) is 4.39 Å². The predicted molar refractivity (Wildman–Crippen MR) is 71.0 cm³/mol. The molecule has 1 N–H and O–H groups in total. The molecule has 18 heavy (non-hydrogen) atoms. The van der Waals surface area contributed by atoms with Gasteiger partial charge in [0.15, 0.2) is 0 Å². The fourth-order valence-electron chi connectivity index (χ4n) is 3.04. The summed E-state index contributed by atoms with van der Waals surface area (Å²) in [6.45, 7) is 1.74. The lowest BCUT2D eigenvalue weighted by molar-refractivity contribution is -0.00491. The Morgan fingerprint density at radius 2 is 1.89 bits per heavy atom. The van der Waals surface area contributed by atoms with Crippen LogP contribution in [0.25, 0.3) is 0 Å². The van der Waals surface area contributed by atoms with Crippen molar-refractivity contribution in [3.63, 3.8) is 0 Å². The number of nitrogens with zero attached hydrogens (tertiary/aromatic N) is 1. The van der Waals surface area contributed by atoms with Crippen LogP contribution in [0.2, 0.25) is 0 Å². The fourth-order valence-corrected chi connectivity index (χ4v) is 3.04. The largest absolute Gasteiger partial charge is 0.386 e. The smallest absolute Gasteiger partial charge is 0.126 e. The molecule has 0 radical (unpaired) electrons. The SMILES string of the molecule is Cc1ccc(C(O)C2(N(C)C)CCCC2)cc1F. The number of likely N-dealkylation sites (N-methyl/N-ethyl adjacent to an activating group) is 1. The number of aliphatic hydroxyl groups is 1. The number of hydrogen-bond acceptors (Lipinski definition) is 2. The lowest BCUT2D eigenvalue weighted by Crippen LogP contribution is -2.47. The van der Waals surface area contributed by atoms with Crippen molar-refractivity contribution in [2.45, 2.75) is 44.2 Å². The molecule has 0 heterocycles. The second-order valence-corrected chi connectivity index (χ2v) is 5.62. The van der Waals surface area contributed by atoms with Crippen molar-refractivity contribution >= 4 is 0 Å². The minimum atomic E-state index is -0.620. The summed E-state index contributed by atoms with van der Waals surface area (Å²) in [7, 11) is 4.00. The Bertz CT molecular complexity index is 425. The Balaban J connectivity index is 2.33. The number of aryl methyl sites for hydroxylation is 1. The molecule has 1 saturated carbocycles. The molecule has 1 atom stereocenters. The highest BCUT2D eigenvalue weighted by Crippen LogP contribution is 2.43. The Morgan fingerprint density at radius 1 is 1.28 bits per heavy atom. The molecule has 0 bridgehead atoms. The molecule has 1 aliphatic carbocycles. The van der Waals surface area contributed by atoms with E-state index in [-0.39, 0.29) is 11.4 Å². The van der Waals surface area contributed by atoms with Gasteiger partial charge in [-0.05, 0) is 51.1 Å². The zero-order chi connectivity index (χ0) is 13.3. The van der Waals surface area contributed by atoms with Crippen LogP contribution in [0.15, 0.2) is 18.2 Å². The van der Waals surface area contributed by atoms with Crippen LogP contribution in [0.3, 0.4) is 0 Å². The number of hydrogen-bond donors (Lipinski definition) is 1. The molecule has 1 aromatic rings. The number of rotatable bonds is 3. The molecule has 1 aliphatic rings. The highest BCUT2D eigenvalue weighted by Gasteiger charge is 2.43. The normalized spacial score (nSPS) is 20.3. The molecular formula is C15H22FNO. The van der Waals surface area contributed by atoms with Gasteiger partial charge in [0.2, 0.25) is 0 Å². The van der Waals surface area contributed by atoms with Crippen molar-refractivity contribution in [2.24, 2.45) is 0 Å². The maximum atomic E-state index is 13.6. The summed E-state index contributed by atoms with van der Waals surface area (Å²) in [5.41, 5.74) is 1.08. The van der Waals surface area contributed by atoms with Crippen LogP contribution in [0.5, 0.6) is 0 Å². The molecule has 100 valence electrons. The van der Waals surface area contributed by atoms with Crippen LogP contribution in [0, 0.1) is 12.7 Å². The molecule has 0 saturated heterocycles. The summed E-state index contributed by atoms with van der Waals surface area (Å²) >= 11 is 0. The van der Waals surface area contributed by atoms with E-state index in [2.05, 4.69) is 4.90 Å². The van der Waals surface area contributed by atoms with E-state index in [0.29, 0.717) is 11.1 Å². The van der Waals surface area contributed by atoms with Gasteiger partial charge in [0.1, 0.15) is 5.82 Å². The maximum absolute atomic E-state index is 13.6. The quantitative estimate of drug-likeness (QED) is 0.892. The third kappa shape index (κ3) is 2.17. The summed E-state index contributed by atoms with van der Waals surface area (Å²) in [6, 6.07) is 5.06. The molecule has 0 amide bonds. The molecule has 0 spiro atoms. The molecule has 1 aromatic carbocycles. The second-order valence-electron chi connectivity index (χ2n) is 5.62. The van der Waals surface area contributed by atoms with Crippen molar-refractivity contribution in [3.05, 3.63) is 35.1 Å². The first-order chi connectivity index (χ1) is 8.47. The van der Waals surface area contributed by atoms with Crippen LogP contribution in [0.1, 0.15) is 42.9 Å². The number of halogens is 1. The van der Waals surface area contributed by atoms with Crippen molar-refractivity contribution < 1.29 is 9.50 Å². The third-order valence-corrected chi connectivity index (χ3v) is 4.38. The summed E-state index contributed by atoms with van der Waals surface area (Å²) in [5, 5.41) is 10.6. The summed E-state index contributed by atoms with van der Waals surface area (Å²) in [5.74, 6) is -0.238. The van der Waals surface area contributed by atoms with Gasteiger partial charge in [-0.25, -0.2) is 4.39 Å². The molecule has 3 heteroatoms. The van der Waals surface area contributed by atoms with Crippen LogP contribution in [-0.2, 0) is 0 Å². The summed E-state index contributed by atoms with van der Waals surface area (Å²) in [4.78, 5) is 2.10. The average Bonchev–Trinajstić information content (AvgIpc) is 2.82. The van der Waals surface area contributed by atoms with E-state index in [4.69, 9.17) is 0 Å². The van der Waals surface area contributed by atoms with Crippen LogP contribution < -0.4 is 0 Å². The first-order valence-corrected chi connectivity index (χ1v) is 6.59. The lowest BCUT2D eigenvalue weighted by Gasteiger charge is -2.40. The highest BCUT2D eigenvalue weighted by atomic mass is 19.1. The zero-order valence-electron chi connectivity index (χ0n) is 11.4. The van der Waals surface area contributed by atoms with E-state index < -0.39 is 6.10 Å². The molecule has 0 aromatic heterocycles. The minimum Gasteiger partial charge on any atom is -0.386 e. The Labute approximate surface area is 108 Å². The van der Waals surface area contributed by atoms with E-state index in [1.54, 1.807) is 13.0 Å². The molecule has 1 unspecified atom stereocenters. The van der Waals surface area contributed by atoms with E-state index in [0.717, 1.165) is 25.7 Å². The lowest BCUT2D eigenvalue weighted by atomic mass is 9.84. The van der Waals surface area contributed by atoms with E-state index in [1.165, 1.54) is 6.07 Å². The van der Waals surface area contributed by atoms with Crippen molar-refractivity contribution in [1.29, 1.82) is 0 Å². The molecular weight excluding hydrogens is 229 g/mol. The van der Waals surface area contributed by atoms with Crippen LogP contribution >= 0.6 is 0 Å². The zero-order valence-corrected chi connectivity index (χ0v) is 11.4. The molecule has 2 nitrogen and oxygen atoms in total. The van der Waals surface area contributed by atoms with Crippen LogP contribution in [-0.4, -0.2) is 29.6 Å². The Morgan fingerprint density at radius 3 is 2.39 bits per heavy atom. The first kappa shape index (κ1) is 13.5. The van der Waals surface area contributed by atoms with Crippen molar-refractivity contribution in [3.8, 4) is 0 Å². The van der Waals surface area contributed by atoms with Gasteiger partial charge in [-0.3, -0.25) is 0 Å². The summed E-state index contributed by atoms with van der Waals surface area (Å²) < 4.78 is 13.6. The van der Waals surface area contributed by atoms with Gasteiger partial charge in [-0.2, -0.15) is 0 Å². The number of benzene rings is 1. The topological polar surface area (TPSA) is 23.5 Å². The predicted octanol–water partition coefficient (Wildman–Crippen LogP) is 3.04. The molecule has 1 fully saturated rings. The van der Waals surface area contributed by atoms with Gasteiger partial charge in [0.05, 0.1) is 11.6 Å². The van der Waals surface area contributed by atoms with Gasteiger partial charge >= 0.3 is 0 Å². The van der Waals surface area contributed by atoms with E-state index in [9.17, 15) is 9.50 Å². The highest BCUT2D eigenvalue weighted by molar-refractivity contribution is 5.27. The number of aliphatic hydroxyl groups excluding tert-OH is 1. The monoisotopic (exact) mass is 251 g/mol. The van der Waals surface area contributed by atoms with Gasteiger partial charge in [-0.15, -0.1) is 0 Å². The van der Waals surface area contributed by atoms with Gasteiger partial charge in [0.25, 0.3) is 0 Å². The van der Waals surface area contributed by atoms with Crippen molar-refractivity contribution in [1.82, 2.24) is 4.90 Å². The van der Waals surface area contributed by atoms with E-state index in [1.807, 2.05) is 20.2 Å². The maximum Gasteiger partial charge on any atom is 0.126 e. The summed E-state index contributed by atoms with van der Waals surface area (Å²) in [6.07, 6.45) is 3.57. The Kier molecular flexibility index (Phi) is 3.74. The standard InChI is InChI=1S/C15H22FNO/c1-11-6-7-12(10-13(11)16)14(18)15(17(2)3)8-4-5-9-15/h6-7,10,14,18H,4-5,8-9H2,1-3H3. The molecule has 0 aliphatic heterocycles. The Hall–Kier alpha value is -0.930. The van der Waals surface area contributed by atoms with E-state index >= 15 is 0 Å².